The fraction of sp³-hybridized carbons (Fsp3) is 0.273. The van der Waals surface area contributed by atoms with Crippen molar-refractivity contribution in [1.82, 2.24) is 9.97 Å². The van der Waals surface area contributed by atoms with E-state index in [1.165, 1.54) is 0 Å². The lowest BCUT2D eigenvalue weighted by molar-refractivity contribution is 0.297. The average molecular weight is 235 g/mol. The van der Waals surface area contributed by atoms with Crippen LogP contribution in [0, 0.1) is 6.92 Å². The van der Waals surface area contributed by atoms with Gasteiger partial charge in [0.05, 0.1) is 16.9 Å². The summed E-state index contributed by atoms with van der Waals surface area (Å²) in [6.07, 6.45) is 0. The molecule has 16 heavy (non-hydrogen) atoms. The SMILES string of the molecule is Cc1ccc(OCc2cscn2)c(CN)n1. The van der Waals surface area contributed by atoms with Crippen LogP contribution in [-0.2, 0) is 13.2 Å². The molecule has 2 aromatic heterocycles. The highest BCUT2D eigenvalue weighted by Gasteiger charge is 2.05. The summed E-state index contributed by atoms with van der Waals surface area (Å²) in [6.45, 7) is 2.78. The molecule has 84 valence electrons. The molecular weight excluding hydrogens is 222 g/mol. The predicted octanol–water partition coefficient (Wildman–Crippen LogP) is 1.88. The van der Waals surface area contributed by atoms with E-state index in [2.05, 4.69) is 9.97 Å². The van der Waals surface area contributed by atoms with E-state index in [0.29, 0.717) is 13.2 Å². The number of aryl methyl sites for hydroxylation is 1. The van der Waals surface area contributed by atoms with E-state index in [1.807, 2.05) is 24.4 Å². The van der Waals surface area contributed by atoms with E-state index in [1.54, 1.807) is 16.8 Å². The third-order valence-electron chi connectivity index (χ3n) is 2.12. The lowest BCUT2D eigenvalue weighted by atomic mass is 10.3. The van der Waals surface area contributed by atoms with Crippen LogP contribution in [0.2, 0.25) is 0 Å². The van der Waals surface area contributed by atoms with E-state index >= 15 is 0 Å². The van der Waals surface area contributed by atoms with Crippen molar-refractivity contribution >= 4 is 11.3 Å². The molecule has 0 spiro atoms. The van der Waals surface area contributed by atoms with Gasteiger partial charge in [0.2, 0.25) is 0 Å². The topological polar surface area (TPSA) is 61.0 Å². The van der Waals surface area contributed by atoms with E-state index < -0.39 is 0 Å². The van der Waals surface area contributed by atoms with Gasteiger partial charge in [-0.05, 0) is 19.1 Å². The first-order valence-corrected chi connectivity index (χ1v) is 5.90. The van der Waals surface area contributed by atoms with Crippen LogP contribution in [-0.4, -0.2) is 9.97 Å². The van der Waals surface area contributed by atoms with Gasteiger partial charge >= 0.3 is 0 Å². The number of hydrogen-bond donors (Lipinski definition) is 1. The van der Waals surface area contributed by atoms with Crippen LogP contribution in [0.4, 0.5) is 0 Å². The summed E-state index contributed by atoms with van der Waals surface area (Å²) >= 11 is 1.56. The Kier molecular flexibility index (Phi) is 3.48. The van der Waals surface area contributed by atoms with Gasteiger partial charge in [-0.2, -0.15) is 0 Å². The molecule has 0 saturated heterocycles. The molecule has 0 unspecified atom stereocenters. The number of nitrogens with zero attached hydrogens (tertiary/aromatic N) is 2. The normalized spacial score (nSPS) is 10.4. The Hall–Kier alpha value is -1.46. The van der Waals surface area contributed by atoms with Crippen molar-refractivity contribution in [3.05, 3.63) is 40.1 Å². The van der Waals surface area contributed by atoms with Gasteiger partial charge in [0.15, 0.2) is 0 Å². The lowest BCUT2D eigenvalue weighted by Gasteiger charge is -2.08. The van der Waals surface area contributed by atoms with Crippen molar-refractivity contribution in [2.45, 2.75) is 20.1 Å². The Morgan fingerprint density at radius 3 is 3.00 bits per heavy atom. The Labute approximate surface area is 98.1 Å². The highest BCUT2D eigenvalue weighted by atomic mass is 32.1. The number of thiazole rings is 1. The molecule has 2 rings (SSSR count). The van der Waals surface area contributed by atoms with Gasteiger partial charge < -0.3 is 10.5 Å². The Bertz CT molecular complexity index is 456. The zero-order valence-corrected chi connectivity index (χ0v) is 9.83. The molecule has 0 saturated carbocycles. The molecule has 0 aliphatic carbocycles. The molecule has 0 aliphatic rings. The van der Waals surface area contributed by atoms with Crippen LogP contribution in [0.25, 0.3) is 0 Å². The summed E-state index contributed by atoms with van der Waals surface area (Å²) < 4.78 is 5.63. The average Bonchev–Trinajstić information content (AvgIpc) is 2.80. The minimum atomic E-state index is 0.383. The van der Waals surface area contributed by atoms with Gasteiger partial charge in [-0.15, -0.1) is 11.3 Å². The van der Waals surface area contributed by atoms with Crippen molar-refractivity contribution in [1.29, 1.82) is 0 Å². The number of rotatable bonds is 4. The molecule has 0 fully saturated rings. The molecule has 2 aromatic rings. The Morgan fingerprint density at radius 1 is 1.44 bits per heavy atom. The summed E-state index contributed by atoms with van der Waals surface area (Å²) in [5.74, 6) is 0.737. The molecule has 4 nitrogen and oxygen atoms in total. The summed E-state index contributed by atoms with van der Waals surface area (Å²) in [4.78, 5) is 8.47. The quantitative estimate of drug-likeness (QED) is 0.879. The minimum Gasteiger partial charge on any atom is -0.485 e. The molecule has 0 aliphatic heterocycles. The highest BCUT2D eigenvalue weighted by Crippen LogP contribution is 2.17. The second kappa shape index (κ2) is 5.05. The predicted molar refractivity (Wildman–Crippen MR) is 63.3 cm³/mol. The minimum absolute atomic E-state index is 0.383. The van der Waals surface area contributed by atoms with E-state index in [0.717, 1.165) is 22.8 Å². The van der Waals surface area contributed by atoms with Crippen LogP contribution in [0.1, 0.15) is 17.1 Å². The molecular formula is C11H13N3OS. The molecule has 0 amide bonds. The van der Waals surface area contributed by atoms with Crippen molar-refractivity contribution in [2.75, 3.05) is 0 Å². The zero-order chi connectivity index (χ0) is 11.4. The van der Waals surface area contributed by atoms with Crippen molar-refractivity contribution in [3.8, 4) is 5.75 Å². The van der Waals surface area contributed by atoms with Gasteiger partial charge in [0, 0.05) is 17.6 Å². The van der Waals surface area contributed by atoms with Crippen LogP contribution in [0.5, 0.6) is 5.75 Å². The fourth-order valence-corrected chi connectivity index (χ4v) is 1.88. The summed E-state index contributed by atoms with van der Waals surface area (Å²) in [5.41, 5.74) is 10.1. The van der Waals surface area contributed by atoms with Gasteiger partial charge in [0.25, 0.3) is 0 Å². The standard InChI is InChI=1S/C11H13N3OS/c1-8-2-3-11(10(4-12)14-8)15-5-9-6-16-7-13-9/h2-3,6-7H,4-5,12H2,1H3. The summed E-state index contributed by atoms with van der Waals surface area (Å²) in [7, 11) is 0. The maximum atomic E-state index is 5.63. The van der Waals surface area contributed by atoms with E-state index in [4.69, 9.17) is 10.5 Å². The largest absolute Gasteiger partial charge is 0.485 e. The van der Waals surface area contributed by atoms with Crippen LogP contribution in [0.3, 0.4) is 0 Å². The van der Waals surface area contributed by atoms with Crippen LogP contribution < -0.4 is 10.5 Å². The van der Waals surface area contributed by atoms with Crippen molar-refractivity contribution in [3.63, 3.8) is 0 Å². The summed E-state index contributed by atoms with van der Waals surface area (Å²) in [5, 5.41) is 1.96. The molecule has 2 N–H and O–H groups in total. The molecule has 0 aromatic carbocycles. The van der Waals surface area contributed by atoms with Crippen LogP contribution >= 0.6 is 11.3 Å². The third-order valence-corrected chi connectivity index (χ3v) is 2.76. The second-order valence-electron chi connectivity index (χ2n) is 3.37. The lowest BCUT2D eigenvalue weighted by Crippen LogP contribution is -2.05. The molecule has 5 heteroatoms. The van der Waals surface area contributed by atoms with Crippen molar-refractivity contribution < 1.29 is 4.74 Å². The fourth-order valence-electron chi connectivity index (χ4n) is 1.34. The van der Waals surface area contributed by atoms with Gasteiger partial charge in [0.1, 0.15) is 12.4 Å². The van der Waals surface area contributed by atoms with Crippen LogP contribution in [0.15, 0.2) is 23.0 Å². The number of ether oxygens (including phenoxy) is 1. The molecule has 0 radical (unpaired) electrons. The maximum Gasteiger partial charge on any atom is 0.142 e. The number of aromatic nitrogens is 2. The number of hydrogen-bond acceptors (Lipinski definition) is 5. The molecule has 0 bridgehead atoms. The third kappa shape index (κ3) is 2.56. The number of pyridine rings is 1. The van der Waals surface area contributed by atoms with Gasteiger partial charge in [-0.1, -0.05) is 0 Å². The smallest absolute Gasteiger partial charge is 0.142 e. The Morgan fingerprint density at radius 2 is 2.31 bits per heavy atom. The number of nitrogens with two attached hydrogens (primary N) is 1. The van der Waals surface area contributed by atoms with E-state index in [-0.39, 0.29) is 0 Å². The van der Waals surface area contributed by atoms with Gasteiger partial charge in [-0.25, -0.2) is 4.98 Å². The monoisotopic (exact) mass is 235 g/mol. The van der Waals surface area contributed by atoms with E-state index in [9.17, 15) is 0 Å². The maximum absolute atomic E-state index is 5.63. The first-order chi connectivity index (χ1) is 7.79. The summed E-state index contributed by atoms with van der Waals surface area (Å²) in [6, 6.07) is 3.81. The zero-order valence-electron chi connectivity index (χ0n) is 9.01. The van der Waals surface area contributed by atoms with Crippen molar-refractivity contribution in [2.24, 2.45) is 5.73 Å². The first kappa shape index (κ1) is 11.0. The first-order valence-electron chi connectivity index (χ1n) is 4.96. The van der Waals surface area contributed by atoms with Gasteiger partial charge in [-0.3, -0.25) is 4.98 Å². The Balaban J connectivity index is 2.09. The molecule has 0 atom stereocenters. The second-order valence-corrected chi connectivity index (χ2v) is 4.09. The molecule has 2 heterocycles. The highest BCUT2D eigenvalue weighted by molar-refractivity contribution is 7.07.